The SMILES string of the molecule is CCCCS(=O)(=O)CC(NC(=O)c1cccnc1)C(=O)NC(Cc1ccccc1)C(O)C(NCCOC)C(=O)NCC(C)C. The summed E-state index contributed by atoms with van der Waals surface area (Å²) in [4.78, 5) is 43.9. The molecule has 0 aliphatic carbocycles. The minimum Gasteiger partial charge on any atom is -0.389 e. The van der Waals surface area contributed by atoms with E-state index in [0.29, 0.717) is 19.4 Å². The molecule has 2 aromatic rings. The van der Waals surface area contributed by atoms with E-state index in [4.69, 9.17) is 4.74 Å². The molecule has 0 fully saturated rings. The van der Waals surface area contributed by atoms with Crippen LogP contribution >= 0.6 is 0 Å². The molecule has 13 heteroatoms. The molecule has 0 saturated carbocycles. The Morgan fingerprint density at radius 2 is 1.75 bits per heavy atom. The first-order valence-electron chi connectivity index (χ1n) is 14.9. The molecule has 4 unspecified atom stereocenters. The molecule has 1 aromatic carbocycles. The minimum atomic E-state index is -3.73. The Labute approximate surface area is 260 Å². The number of rotatable bonds is 20. The van der Waals surface area contributed by atoms with E-state index in [0.717, 1.165) is 5.56 Å². The molecular formula is C31H47N5O7S. The van der Waals surface area contributed by atoms with E-state index in [2.05, 4.69) is 26.3 Å². The number of methoxy groups -OCH3 is 1. The summed E-state index contributed by atoms with van der Waals surface area (Å²) in [6, 6.07) is 8.48. The Balaban J connectivity index is 2.41. The van der Waals surface area contributed by atoms with E-state index in [-0.39, 0.29) is 36.8 Å². The van der Waals surface area contributed by atoms with Crippen molar-refractivity contribution in [3.05, 3.63) is 66.0 Å². The topological polar surface area (TPSA) is 176 Å². The molecule has 2 rings (SSSR count). The number of hydrogen-bond acceptors (Lipinski definition) is 9. The van der Waals surface area contributed by atoms with Gasteiger partial charge >= 0.3 is 0 Å². The van der Waals surface area contributed by atoms with Crippen LogP contribution in [-0.2, 0) is 30.6 Å². The molecule has 1 heterocycles. The van der Waals surface area contributed by atoms with Crippen LogP contribution in [0.4, 0.5) is 0 Å². The quantitative estimate of drug-likeness (QED) is 0.132. The number of aliphatic hydroxyl groups excluding tert-OH is 1. The van der Waals surface area contributed by atoms with Gasteiger partial charge in [-0.15, -0.1) is 0 Å². The third-order valence-corrected chi connectivity index (χ3v) is 8.54. The van der Waals surface area contributed by atoms with Gasteiger partial charge in [0.05, 0.1) is 35.8 Å². The second kappa shape index (κ2) is 19.1. The fourth-order valence-corrected chi connectivity index (χ4v) is 6.00. The Kier molecular flexibility index (Phi) is 16.0. The Morgan fingerprint density at radius 3 is 2.36 bits per heavy atom. The zero-order valence-electron chi connectivity index (χ0n) is 26.0. The standard InChI is InChI=1S/C31H47N5O7S/c1-5-6-17-44(41,42)21-26(36-29(38)24-13-10-14-32-20-24)30(39)35-25(18-23-11-8-7-9-12-23)28(37)27(33-15-16-43-4)31(40)34-19-22(2)3/h7-14,20,22,25-28,33,37H,5-6,15-19,21H2,1-4H3,(H,34,40)(H,35,39)(H,36,38). The fraction of sp³-hybridized carbons (Fsp3) is 0.548. The zero-order valence-corrected chi connectivity index (χ0v) is 26.8. The van der Waals surface area contributed by atoms with Crippen LogP contribution in [0.1, 0.15) is 49.5 Å². The predicted molar refractivity (Wildman–Crippen MR) is 169 cm³/mol. The lowest BCUT2D eigenvalue weighted by Gasteiger charge is -2.32. The van der Waals surface area contributed by atoms with E-state index >= 15 is 0 Å². The molecule has 0 spiro atoms. The molecule has 12 nitrogen and oxygen atoms in total. The average molecular weight is 634 g/mol. The van der Waals surface area contributed by atoms with Gasteiger partial charge in [-0.25, -0.2) is 8.42 Å². The number of ether oxygens (including phenoxy) is 1. The van der Waals surface area contributed by atoms with Crippen molar-refractivity contribution < 1.29 is 32.6 Å². The maximum atomic E-state index is 13.8. The van der Waals surface area contributed by atoms with Gasteiger partial charge < -0.3 is 31.1 Å². The second-order valence-corrected chi connectivity index (χ2v) is 13.3. The molecule has 5 N–H and O–H groups in total. The molecule has 0 aliphatic rings. The Hall–Kier alpha value is -3.39. The van der Waals surface area contributed by atoms with Crippen molar-refractivity contribution in [2.75, 3.05) is 38.3 Å². The van der Waals surface area contributed by atoms with E-state index in [1.54, 1.807) is 6.07 Å². The van der Waals surface area contributed by atoms with Crippen LogP contribution in [0, 0.1) is 5.92 Å². The monoisotopic (exact) mass is 633 g/mol. The maximum absolute atomic E-state index is 13.8. The number of amides is 3. The van der Waals surface area contributed by atoms with E-state index in [1.165, 1.54) is 25.6 Å². The van der Waals surface area contributed by atoms with E-state index < -0.39 is 57.5 Å². The van der Waals surface area contributed by atoms with Crippen LogP contribution in [0.2, 0.25) is 0 Å². The van der Waals surface area contributed by atoms with Gasteiger partial charge in [-0.1, -0.05) is 57.5 Å². The molecule has 1 aromatic heterocycles. The van der Waals surface area contributed by atoms with Gasteiger partial charge in [-0.2, -0.15) is 0 Å². The van der Waals surface area contributed by atoms with Gasteiger partial charge in [0.15, 0.2) is 9.84 Å². The van der Waals surface area contributed by atoms with Crippen molar-refractivity contribution in [2.45, 2.75) is 64.3 Å². The Morgan fingerprint density at radius 1 is 1.02 bits per heavy atom. The third-order valence-electron chi connectivity index (χ3n) is 6.79. The maximum Gasteiger partial charge on any atom is 0.253 e. The third kappa shape index (κ3) is 13.1. The lowest BCUT2D eigenvalue weighted by Crippen LogP contribution is -2.62. The summed E-state index contributed by atoms with van der Waals surface area (Å²) in [6.07, 6.45) is 2.53. The summed E-state index contributed by atoms with van der Waals surface area (Å²) in [5.74, 6) is -2.55. The number of sulfone groups is 1. The minimum absolute atomic E-state index is 0.125. The summed E-state index contributed by atoms with van der Waals surface area (Å²) in [5, 5.41) is 22.7. The van der Waals surface area contributed by atoms with Crippen LogP contribution in [-0.4, -0.2) is 98.8 Å². The van der Waals surface area contributed by atoms with Crippen LogP contribution < -0.4 is 21.3 Å². The molecule has 0 aliphatic heterocycles. The number of carbonyl (C=O) groups excluding carboxylic acids is 3. The summed E-state index contributed by atoms with van der Waals surface area (Å²) in [6.45, 7) is 6.64. The molecule has 3 amide bonds. The largest absolute Gasteiger partial charge is 0.389 e. The lowest BCUT2D eigenvalue weighted by atomic mass is 9.95. The number of carbonyl (C=O) groups is 3. The zero-order chi connectivity index (χ0) is 32.5. The van der Waals surface area contributed by atoms with Gasteiger partial charge in [-0.05, 0) is 36.5 Å². The van der Waals surface area contributed by atoms with Crippen LogP contribution in [0.3, 0.4) is 0 Å². The van der Waals surface area contributed by atoms with Crippen molar-refractivity contribution in [3.8, 4) is 0 Å². The number of aliphatic hydroxyl groups is 1. The van der Waals surface area contributed by atoms with Crippen LogP contribution in [0.25, 0.3) is 0 Å². The first-order chi connectivity index (χ1) is 21.0. The molecule has 44 heavy (non-hydrogen) atoms. The van der Waals surface area contributed by atoms with Crippen LogP contribution in [0.15, 0.2) is 54.9 Å². The van der Waals surface area contributed by atoms with Gasteiger partial charge in [-0.3, -0.25) is 19.4 Å². The van der Waals surface area contributed by atoms with Crippen molar-refractivity contribution in [1.82, 2.24) is 26.3 Å². The average Bonchev–Trinajstić information content (AvgIpc) is 3.00. The molecule has 0 bridgehead atoms. The van der Waals surface area contributed by atoms with Gasteiger partial charge in [0.1, 0.15) is 12.1 Å². The number of benzene rings is 1. The second-order valence-electron chi connectivity index (χ2n) is 11.1. The number of nitrogens with one attached hydrogen (secondary N) is 4. The van der Waals surface area contributed by atoms with Crippen molar-refractivity contribution in [3.63, 3.8) is 0 Å². The summed E-state index contributed by atoms with van der Waals surface area (Å²) in [5.41, 5.74) is 0.919. The van der Waals surface area contributed by atoms with Crippen molar-refractivity contribution >= 4 is 27.6 Å². The van der Waals surface area contributed by atoms with E-state index in [9.17, 15) is 27.9 Å². The van der Waals surface area contributed by atoms with Gasteiger partial charge in [0.25, 0.3) is 5.91 Å². The molecule has 4 atom stereocenters. The molecular weight excluding hydrogens is 586 g/mol. The highest BCUT2D eigenvalue weighted by Gasteiger charge is 2.36. The first kappa shape index (κ1) is 36.8. The fourth-order valence-electron chi connectivity index (χ4n) is 4.36. The lowest BCUT2D eigenvalue weighted by molar-refractivity contribution is -0.129. The summed E-state index contributed by atoms with van der Waals surface area (Å²) >= 11 is 0. The Bertz CT molecular complexity index is 1260. The molecule has 244 valence electrons. The van der Waals surface area contributed by atoms with Crippen LogP contribution in [0.5, 0.6) is 0 Å². The predicted octanol–water partition coefficient (Wildman–Crippen LogP) is 0.860. The normalized spacial score (nSPS) is 14.3. The summed E-state index contributed by atoms with van der Waals surface area (Å²) in [7, 11) is -2.22. The van der Waals surface area contributed by atoms with Gasteiger partial charge in [0.2, 0.25) is 11.8 Å². The highest BCUT2D eigenvalue weighted by atomic mass is 32.2. The highest BCUT2D eigenvalue weighted by Crippen LogP contribution is 2.12. The van der Waals surface area contributed by atoms with Gasteiger partial charge in [0, 0.05) is 32.6 Å². The number of hydrogen-bond donors (Lipinski definition) is 5. The highest BCUT2D eigenvalue weighted by molar-refractivity contribution is 7.91. The number of unbranched alkanes of at least 4 members (excludes halogenated alkanes) is 1. The molecule has 0 radical (unpaired) electrons. The molecule has 0 saturated heterocycles. The number of pyridine rings is 1. The van der Waals surface area contributed by atoms with Crippen molar-refractivity contribution in [1.29, 1.82) is 0 Å². The number of nitrogens with zero attached hydrogens (tertiary/aromatic N) is 1. The van der Waals surface area contributed by atoms with Crippen molar-refractivity contribution in [2.24, 2.45) is 5.92 Å². The summed E-state index contributed by atoms with van der Waals surface area (Å²) < 4.78 is 31.0. The first-order valence-corrected chi connectivity index (χ1v) is 16.7. The smallest absolute Gasteiger partial charge is 0.253 e. The number of aromatic nitrogens is 1. The van der Waals surface area contributed by atoms with E-state index in [1.807, 2.05) is 51.1 Å².